The van der Waals surface area contributed by atoms with Gasteiger partial charge < -0.3 is 15.2 Å². The quantitative estimate of drug-likeness (QED) is 0.330. The van der Waals surface area contributed by atoms with E-state index in [1.807, 2.05) is 30.3 Å². The van der Waals surface area contributed by atoms with Crippen molar-refractivity contribution in [3.05, 3.63) is 78.1 Å². The lowest BCUT2D eigenvalue weighted by molar-refractivity contribution is -0.137. The van der Waals surface area contributed by atoms with Gasteiger partial charge in [0.05, 0.1) is 42.2 Å². The SMILES string of the molecule is O=C(O)CC(c1cnc2nccnc2c1)n1ncc2cc(OCCc3ccc4c(n3)CCCN4)ccc21. The van der Waals surface area contributed by atoms with Gasteiger partial charge in [0.15, 0.2) is 5.65 Å². The number of carboxylic acids is 1. The number of hydrogen-bond acceptors (Lipinski definition) is 8. The smallest absolute Gasteiger partial charge is 0.305 e. The van der Waals surface area contributed by atoms with Crippen LogP contribution in [-0.2, 0) is 17.6 Å². The first-order chi connectivity index (χ1) is 18.1. The molecule has 0 aliphatic carbocycles. The molecule has 1 aliphatic heterocycles. The fraction of sp³-hybridized carbons (Fsp3) is 0.259. The molecule has 0 saturated carbocycles. The largest absolute Gasteiger partial charge is 0.493 e. The van der Waals surface area contributed by atoms with Gasteiger partial charge in [-0.3, -0.25) is 19.4 Å². The summed E-state index contributed by atoms with van der Waals surface area (Å²) in [4.78, 5) is 29.4. The van der Waals surface area contributed by atoms with Crippen molar-refractivity contribution in [1.29, 1.82) is 0 Å². The Kier molecular flexibility index (Phi) is 6.05. The number of aliphatic carboxylic acids is 1. The van der Waals surface area contributed by atoms with Gasteiger partial charge in [0.25, 0.3) is 0 Å². The molecular weight excluding hydrogens is 470 g/mol. The number of anilines is 1. The molecule has 4 aromatic heterocycles. The summed E-state index contributed by atoms with van der Waals surface area (Å²) in [6, 6.07) is 11.1. The minimum atomic E-state index is -0.931. The zero-order chi connectivity index (χ0) is 25.2. The molecule has 1 aliphatic rings. The predicted octanol–water partition coefficient (Wildman–Crippen LogP) is 3.81. The molecule has 0 saturated heterocycles. The normalized spacial score (nSPS) is 13.7. The summed E-state index contributed by atoms with van der Waals surface area (Å²) in [6.07, 6.45) is 9.20. The first kappa shape index (κ1) is 22.8. The Morgan fingerprint density at radius 3 is 2.95 bits per heavy atom. The third-order valence-corrected chi connectivity index (χ3v) is 6.53. The van der Waals surface area contributed by atoms with Gasteiger partial charge in [-0.25, -0.2) is 9.97 Å². The van der Waals surface area contributed by atoms with Gasteiger partial charge in [-0.05, 0) is 54.8 Å². The number of pyridine rings is 2. The van der Waals surface area contributed by atoms with Crippen molar-refractivity contribution in [2.75, 3.05) is 18.5 Å². The van der Waals surface area contributed by atoms with Crippen LogP contribution in [0, 0.1) is 0 Å². The first-order valence-corrected chi connectivity index (χ1v) is 12.3. The van der Waals surface area contributed by atoms with Gasteiger partial charge in [-0.15, -0.1) is 0 Å². The molecule has 0 amide bonds. The number of aryl methyl sites for hydroxylation is 1. The van der Waals surface area contributed by atoms with Gasteiger partial charge in [-0.2, -0.15) is 5.10 Å². The van der Waals surface area contributed by atoms with Crippen LogP contribution >= 0.6 is 0 Å². The van der Waals surface area contributed by atoms with Crippen LogP contribution in [0.4, 0.5) is 5.69 Å². The second-order valence-corrected chi connectivity index (χ2v) is 9.02. The van der Waals surface area contributed by atoms with E-state index in [1.54, 1.807) is 29.5 Å². The average molecular weight is 496 g/mol. The van der Waals surface area contributed by atoms with Crippen molar-refractivity contribution < 1.29 is 14.6 Å². The van der Waals surface area contributed by atoms with E-state index in [-0.39, 0.29) is 6.42 Å². The summed E-state index contributed by atoms with van der Waals surface area (Å²) < 4.78 is 7.74. The Balaban J connectivity index is 1.21. The molecule has 0 radical (unpaired) electrons. The molecule has 0 bridgehead atoms. The summed E-state index contributed by atoms with van der Waals surface area (Å²) in [6.45, 7) is 1.51. The molecule has 37 heavy (non-hydrogen) atoms. The number of nitrogens with one attached hydrogen (secondary N) is 1. The van der Waals surface area contributed by atoms with Crippen LogP contribution in [0.3, 0.4) is 0 Å². The molecule has 10 heteroatoms. The standard InChI is InChI=1S/C27H25N7O3/c35-26(36)14-25(18-13-23-27(31-15-18)30-10-9-29-23)34-24-6-4-20(12-17(24)16-32-34)37-11-7-19-3-5-21-22(33-19)2-1-8-28-21/h3-6,9-10,12-13,15-16,25,28H,1-2,7-8,11,14H2,(H,35,36). The van der Waals surface area contributed by atoms with Crippen LogP contribution in [0.15, 0.2) is 61.2 Å². The van der Waals surface area contributed by atoms with E-state index in [2.05, 4.69) is 31.4 Å². The molecule has 1 unspecified atom stereocenters. The number of nitrogens with zero attached hydrogens (tertiary/aromatic N) is 6. The molecule has 5 heterocycles. The van der Waals surface area contributed by atoms with Gasteiger partial charge in [0.1, 0.15) is 11.3 Å². The maximum Gasteiger partial charge on any atom is 0.305 e. The molecular formula is C27H25N7O3. The fourth-order valence-electron chi connectivity index (χ4n) is 4.73. The first-order valence-electron chi connectivity index (χ1n) is 12.3. The van der Waals surface area contributed by atoms with E-state index in [0.717, 1.165) is 53.1 Å². The summed E-state index contributed by atoms with van der Waals surface area (Å²) >= 11 is 0. The Morgan fingerprint density at radius 2 is 2.03 bits per heavy atom. The maximum atomic E-state index is 11.7. The van der Waals surface area contributed by atoms with E-state index < -0.39 is 12.0 Å². The van der Waals surface area contributed by atoms with E-state index in [4.69, 9.17) is 9.72 Å². The zero-order valence-corrected chi connectivity index (χ0v) is 20.0. The van der Waals surface area contributed by atoms with E-state index in [9.17, 15) is 9.90 Å². The molecule has 10 nitrogen and oxygen atoms in total. The van der Waals surface area contributed by atoms with Crippen molar-refractivity contribution in [2.24, 2.45) is 0 Å². The van der Waals surface area contributed by atoms with Crippen LogP contribution in [0.5, 0.6) is 5.75 Å². The van der Waals surface area contributed by atoms with Gasteiger partial charge in [0.2, 0.25) is 0 Å². The second-order valence-electron chi connectivity index (χ2n) is 9.02. The Morgan fingerprint density at radius 1 is 1.11 bits per heavy atom. The highest BCUT2D eigenvalue weighted by atomic mass is 16.5. The number of benzene rings is 1. The predicted molar refractivity (Wildman–Crippen MR) is 138 cm³/mol. The van der Waals surface area contributed by atoms with Crippen molar-refractivity contribution in [1.82, 2.24) is 29.7 Å². The van der Waals surface area contributed by atoms with Crippen LogP contribution in [0.1, 0.15) is 35.8 Å². The van der Waals surface area contributed by atoms with Gasteiger partial charge >= 0.3 is 5.97 Å². The minimum absolute atomic E-state index is 0.147. The molecule has 2 N–H and O–H groups in total. The second kappa shape index (κ2) is 9.81. The number of ether oxygens (including phenoxy) is 1. The molecule has 1 aromatic carbocycles. The van der Waals surface area contributed by atoms with Gasteiger partial charge in [-0.1, -0.05) is 0 Å². The Labute approximate surface area is 212 Å². The van der Waals surface area contributed by atoms with Crippen LogP contribution in [0.25, 0.3) is 22.1 Å². The lowest BCUT2D eigenvalue weighted by atomic mass is 10.1. The number of fused-ring (bicyclic) bond motifs is 3. The van der Waals surface area contributed by atoms with Crippen molar-refractivity contribution in [2.45, 2.75) is 31.7 Å². The number of rotatable bonds is 8. The van der Waals surface area contributed by atoms with Crippen molar-refractivity contribution >= 4 is 33.7 Å². The summed E-state index contributed by atoms with van der Waals surface area (Å²) in [5.74, 6) is -0.205. The minimum Gasteiger partial charge on any atom is -0.493 e. The lowest BCUT2D eigenvalue weighted by Gasteiger charge is -2.18. The summed E-state index contributed by atoms with van der Waals surface area (Å²) in [7, 11) is 0. The molecule has 6 rings (SSSR count). The fourth-order valence-corrected chi connectivity index (χ4v) is 4.73. The maximum absolute atomic E-state index is 11.7. The topological polar surface area (TPSA) is 128 Å². The summed E-state index contributed by atoms with van der Waals surface area (Å²) in [5.41, 5.74) is 5.90. The molecule has 0 spiro atoms. The molecule has 186 valence electrons. The van der Waals surface area contributed by atoms with Gasteiger partial charge in [0, 0.05) is 42.6 Å². The number of carboxylic acid groups (broad SMARTS) is 1. The van der Waals surface area contributed by atoms with E-state index in [0.29, 0.717) is 29.8 Å². The van der Waals surface area contributed by atoms with Crippen LogP contribution < -0.4 is 10.1 Å². The summed E-state index contributed by atoms with van der Waals surface area (Å²) in [5, 5.41) is 18.4. The average Bonchev–Trinajstić information content (AvgIpc) is 3.34. The van der Waals surface area contributed by atoms with E-state index >= 15 is 0 Å². The Bertz CT molecular complexity index is 1600. The zero-order valence-electron chi connectivity index (χ0n) is 20.0. The van der Waals surface area contributed by atoms with Crippen LogP contribution in [-0.4, -0.2) is 53.9 Å². The monoisotopic (exact) mass is 495 g/mol. The van der Waals surface area contributed by atoms with Crippen LogP contribution in [0.2, 0.25) is 0 Å². The van der Waals surface area contributed by atoms with Crippen molar-refractivity contribution in [3.8, 4) is 5.75 Å². The number of aromatic nitrogens is 6. The number of hydrogen-bond donors (Lipinski definition) is 2. The highest BCUT2D eigenvalue weighted by molar-refractivity contribution is 5.81. The lowest BCUT2D eigenvalue weighted by Crippen LogP contribution is -2.16. The Hall–Kier alpha value is -4.60. The van der Waals surface area contributed by atoms with Crippen molar-refractivity contribution in [3.63, 3.8) is 0 Å². The molecule has 5 aromatic rings. The molecule has 0 fully saturated rings. The third-order valence-electron chi connectivity index (χ3n) is 6.53. The highest BCUT2D eigenvalue weighted by Crippen LogP contribution is 2.29. The number of carbonyl (C=O) groups is 1. The molecule has 1 atom stereocenters. The highest BCUT2D eigenvalue weighted by Gasteiger charge is 2.22. The third kappa shape index (κ3) is 4.77. The van der Waals surface area contributed by atoms with E-state index in [1.165, 1.54) is 0 Å².